The maximum Gasteiger partial charge on any atom is 0.335 e. The number of aromatic carboxylic acids is 1. The maximum absolute atomic E-state index is 11.5. The Morgan fingerprint density at radius 3 is 2.62 bits per heavy atom. The minimum Gasteiger partial charge on any atom is -0.492 e. The minimum absolute atomic E-state index is 0.0752. The third kappa shape index (κ3) is 5.57. The van der Waals surface area contributed by atoms with Crippen molar-refractivity contribution in [2.24, 2.45) is 5.14 Å². The molecular formula is C14H19NO5S. The molecule has 1 aromatic rings. The highest BCUT2D eigenvalue weighted by Gasteiger charge is 2.18. The van der Waals surface area contributed by atoms with Crippen molar-refractivity contribution in [3.05, 3.63) is 36.4 Å². The van der Waals surface area contributed by atoms with Crippen LogP contribution in [0.25, 0.3) is 0 Å². The van der Waals surface area contributed by atoms with Gasteiger partial charge in [0.15, 0.2) is 0 Å². The van der Waals surface area contributed by atoms with Gasteiger partial charge in [0.2, 0.25) is 10.0 Å². The van der Waals surface area contributed by atoms with Crippen molar-refractivity contribution in [1.29, 1.82) is 0 Å². The van der Waals surface area contributed by atoms with Gasteiger partial charge in [-0.05, 0) is 43.9 Å². The van der Waals surface area contributed by atoms with Crippen LogP contribution < -0.4 is 9.88 Å². The summed E-state index contributed by atoms with van der Waals surface area (Å²) in [6.45, 7) is 3.97. The summed E-state index contributed by atoms with van der Waals surface area (Å²) >= 11 is 0. The van der Waals surface area contributed by atoms with Crippen LogP contribution in [0, 0.1) is 0 Å². The van der Waals surface area contributed by atoms with Crippen LogP contribution in [0.4, 0.5) is 0 Å². The van der Waals surface area contributed by atoms with Crippen molar-refractivity contribution in [2.45, 2.75) is 30.6 Å². The first-order valence-electron chi connectivity index (χ1n) is 6.50. The Morgan fingerprint density at radius 2 is 2.05 bits per heavy atom. The summed E-state index contributed by atoms with van der Waals surface area (Å²) in [4.78, 5) is 10.6. The Morgan fingerprint density at radius 1 is 1.33 bits per heavy atom. The molecule has 0 atom stereocenters. The molecule has 0 heterocycles. The first-order chi connectivity index (χ1) is 9.86. The van der Waals surface area contributed by atoms with Gasteiger partial charge < -0.3 is 9.84 Å². The SMILES string of the molecule is C=CCCCCCOc1ccc(C(=O)O)cc1S(N)(=O)=O. The van der Waals surface area contributed by atoms with E-state index in [0.717, 1.165) is 31.7 Å². The second-order valence-corrected chi connectivity index (χ2v) is 6.03. The molecule has 0 aliphatic rings. The van der Waals surface area contributed by atoms with E-state index in [1.807, 2.05) is 6.08 Å². The standard InChI is InChI=1S/C14H19NO5S/c1-2-3-4-5-6-9-20-12-8-7-11(14(16)17)10-13(12)21(15,18)19/h2,7-8,10H,1,3-6,9H2,(H,16,17)(H2,15,18,19). The fraction of sp³-hybridized carbons (Fsp3) is 0.357. The molecule has 0 aliphatic heterocycles. The molecule has 0 radical (unpaired) electrons. The van der Waals surface area contributed by atoms with Crippen molar-refractivity contribution >= 4 is 16.0 Å². The normalized spacial score (nSPS) is 11.1. The van der Waals surface area contributed by atoms with Gasteiger partial charge in [0.05, 0.1) is 12.2 Å². The summed E-state index contributed by atoms with van der Waals surface area (Å²) in [6, 6.07) is 3.60. The molecule has 1 aromatic carbocycles. The third-order valence-electron chi connectivity index (χ3n) is 2.81. The Bertz CT molecular complexity index is 610. The lowest BCUT2D eigenvalue weighted by molar-refractivity contribution is 0.0696. The smallest absolute Gasteiger partial charge is 0.335 e. The predicted molar refractivity (Wildman–Crippen MR) is 78.9 cm³/mol. The number of hydrogen-bond donors (Lipinski definition) is 2. The number of carboxylic acids is 1. The molecular weight excluding hydrogens is 294 g/mol. The van der Waals surface area contributed by atoms with Gasteiger partial charge in [-0.2, -0.15) is 0 Å². The maximum atomic E-state index is 11.5. The monoisotopic (exact) mass is 313 g/mol. The number of carboxylic acid groups (broad SMARTS) is 1. The average Bonchev–Trinajstić information content (AvgIpc) is 2.41. The van der Waals surface area contributed by atoms with Crippen LogP contribution in [-0.2, 0) is 10.0 Å². The molecule has 116 valence electrons. The van der Waals surface area contributed by atoms with Gasteiger partial charge in [0, 0.05) is 0 Å². The van der Waals surface area contributed by atoms with Crippen LogP contribution in [0.5, 0.6) is 5.75 Å². The van der Waals surface area contributed by atoms with Crippen molar-refractivity contribution in [3.8, 4) is 5.75 Å². The van der Waals surface area contributed by atoms with Crippen LogP contribution in [0.15, 0.2) is 35.7 Å². The number of allylic oxidation sites excluding steroid dienone is 1. The van der Waals surface area contributed by atoms with E-state index < -0.39 is 16.0 Å². The van der Waals surface area contributed by atoms with E-state index in [0.29, 0.717) is 6.61 Å². The number of benzene rings is 1. The number of ether oxygens (including phenoxy) is 1. The van der Waals surface area contributed by atoms with Gasteiger partial charge in [-0.1, -0.05) is 6.08 Å². The molecule has 1 rings (SSSR count). The number of primary sulfonamides is 1. The minimum atomic E-state index is -4.04. The van der Waals surface area contributed by atoms with E-state index in [1.165, 1.54) is 12.1 Å². The summed E-state index contributed by atoms with van der Waals surface area (Å²) < 4.78 is 28.4. The molecule has 0 bridgehead atoms. The average molecular weight is 313 g/mol. The Balaban J connectivity index is 2.77. The highest BCUT2D eigenvalue weighted by atomic mass is 32.2. The zero-order chi connectivity index (χ0) is 15.9. The molecule has 0 fully saturated rings. The first kappa shape index (κ1) is 17.2. The van der Waals surface area contributed by atoms with Crippen molar-refractivity contribution < 1.29 is 23.1 Å². The Kier molecular flexibility index (Phi) is 6.39. The quantitative estimate of drug-likeness (QED) is 0.536. The molecule has 0 saturated carbocycles. The van der Waals surface area contributed by atoms with Gasteiger partial charge in [-0.3, -0.25) is 0 Å². The predicted octanol–water partition coefficient (Wildman–Crippen LogP) is 2.16. The van der Waals surface area contributed by atoms with E-state index in [9.17, 15) is 13.2 Å². The Labute approximate surface area is 124 Å². The van der Waals surface area contributed by atoms with Crippen LogP contribution >= 0.6 is 0 Å². The summed E-state index contributed by atoms with van der Waals surface area (Å²) in [5, 5.41) is 14.0. The molecule has 7 heteroatoms. The molecule has 21 heavy (non-hydrogen) atoms. The fourth-order valence-corrected chi connectivity index (χ4v) is 2.43. The summed E-state index contributed by atoms with van der Waals surface area (Å²) in [5.41, 5.74) is -0.155. The lowest BCUT2D eigenvalue weighted by atomic mass is 10.2. The largest absolute Gasteiger partial charge is 0.492 e. The zero-order valence-electron chi connectivity index (χ0n) is 11.6. The number of nitrogens with two attached hydrogens (primary N) is 1. The molecule has 0 spiro atoms. The van der Waals surface area contributed by atoms with Crippen molar-refractivity contribution in [3.63, 3.8) is 0 Å². The van der Waals surface area contributed by atoms with Crippen LogP contribution in [0.2, 0.25) is 0 Å². The zero-order valence-corrected chi connectivity index (χ0v) is 12.4. The van der Waals surface area contributed by atoms with Gasteiger partial charge in [-0.15, -0.1) is 6.58 Å². The molecule has 3 N–H and O–H groups in total. The molecule has 6 nitrogen and oxygen atoms in total. The number of unbranched alkanes of at least 4 members (excludes halogenated alkanes) is 3. The molecule has 0 aliphatic carbocycles. The fourth-order valence-electron chi connectivity index (χ4n) is 1.73. The number of rotatable bonds is 9. The summed E-state index contributed by atoms with van der Waals surface area (Å²) in [7, 11) is -4.04. The second-order valence-electron chi connectivity index (χ2n) is 4.50. The molecule has 0 amide bonds. The number of sulfonamides is 1. The Hall–Kier alpha value is -1.86. The summed E-state index contributed by atoms with van der Waals surface area (Å²) in [6.07, 6.45) is 5.45. The van der Waals surface area contributed by atoms with Crippen molar-refractivity contribution in [2.75, 3.05) is 6.61 Å². The van der Waals surface area contributed by atoms with Gasteiger partial charge in [0.25, 0.3) is 0 Å². The van der Waals surface area contributed by atoms with E-state index >= 15 is 0 Å². The number of hydrogen-bond acceptors (Lipinski definition) is 4. The number of carbonyl (C=O) groups is 1. The van der Waals surface area contributed by atoms with Gasteiger partial charge in [-0.25, -0.2) is 18.4 Å². The van der Waals surface area contributed by atoms with Crippen LogP contribution in [0.1, 0.15) is 36.0 Å². The van der Waals surface area contributed by atoms with E-state index in [1.54, 1.807) is 0 Å². The van der Waals surface area contributed by atoms with Gasteiger partial charge >= 0.3 is 5.97 Å². The van der Waals surface area contributed by atoms with E-state index in [-0.39, 0.29) is 16.2 Å². The lowest BCUT2D eigenvalue weighted by Crippen LogP contribution is -2.15. The van der Waals surface area contributed by atoms with Crippen LogP contribution in [-0.4, -0.2) is 26.1 Å². The van der Waals surface area contributed by atoms with E-state index in [4.69, 9.17) is 15.0 Å². The highest BCUT2D eigenvalue weighted by molar-refractivity contribution is 7.89. The molecule has 0 unspecified atom stereocenters. The molecule has 0 saturated heterocycles. The van der Waals surface area contributed by atoms with Crippen molar-refractivity contribution in [1.82, 2.24) is 0 Å². The van der Waals surface area contributed by atoms with Crippen LogP contribution in [0.3, 0.4) is 0 Å². The highest BCUT2D eigenvalue weighted by Crippen LogP contribution is 2.24. The molecule has 0 aromatic heterocycles. The lowest BCUT2D eigenvalue weighted by Gasteiger charge is -2.10. The summed E-state index contributed by atoms with van der Waals surface area (Å²) in [5.74, 6) is -1.15. The van der Waals surface area contributed by atoms with Gasteiger partial charge in [0.1, 0.15) is 10.6 Å². The topological polar surface area (TPSA) is 107 Å². The first-order valence-corrected chi connectivity index (χ1v) is 8.04. The second kappa shape index (κ2) is 7.80. The van der Waals surface area contributed by atoms with E-state index in [2.05, 4.69) is 6.58 Å². The third-order valence-corrected chi connectivity index (χ3v) is 3.74.